The number of carbonyl (C=O) groups is 3. The Morgan fingerprint density at radius 1 is 1.33 bits per heavy atom. The van der Waals surface area contributed by atoms with E-state index < -0.39 is 11.7 Å². The molecule has 21 heavy (non-hydrogen) atoms. The molecule has 0 saturated heterocycles. The molecule has 112 valence electrons. The Hall–Kier alpha value is -1.88. The molecule has 0 spiro atoms. The number of ketones is 1. The number of Topliss-reactive ketones (excluding diaryl/α,β-unsaturated/α-hetero) is 1. The van der Waals surface area contributed by atoms with Gasteiger partial charge < -0.3 is 5.32 Å². The highest BCUT2D eigenvalue weighted by Gasteiger charge is 2.37. The number of hydrogen-bond donors (Lipinski definition) is 1. The maximum atomic E-state index is 12.1. The van der Waals surface area contributed by atoms with Crippen molar-refractivity contribution in [1.29, 1.82) is 0 Å². The molecular formula is C15H17ClN2O3. The van der Waals surface area contributed by atoms with Crippen LogP contribution >= 0.6 is 11.6 Å². The van der Waals surface area contributed by atoms with Crippen LogP contribution in [0.25, 0.3) is 0 Å². The fraction of sp³-hybridized carbons (Fsp3) is 0.400. The lowest BCUT2D eigenvalue weighted by atomic mass is 10.0. The van der Waals surface area contributed by atoms with Crippen LogP contribution in [0.4, 0.5) is 5.69 Å². The van der Waals surface area contributed by atoms with Gasteiger partial charge in [-0.25, -0.2) is 0 Å². The van der Waals surface area contributed by atoms with Gasteiger partial charge >= 0.3 is 0 Å². The molecule has 0 saturated carbocycles. The first-order valence-electron chi connectivity index (χ1n) is 6.72. The summed E-state index contributed by atoms with van der Waals surface area (Å²) >= 11 is 5.83. The summed E-state index contributed by atoms with van der Waals surface area (Å²) in [5.41, 5.74) is 0.320. The minimum absolute atomic E-state index is 0.178. The first-order valence-corrected chi connectivity index (χ1v) is 7.10. The van der Waals surface area contributed by atoms with Crippen molar-refractivity contribution in [1.82, 2.24) is 5.32 Å². The first-order chi connectivity index (χ1) is 9.75. The van der Waals surface area contributed by atoms with Gasteiger partial charge in [-0.05, 0) is 38.5 Å². The topological polar surface area (TPSA) is 66.5 Å². The van der Waals surface area contributed by atoms with Gasteiger partial charge in [-0.15, -0.1) is 0 Å². The highest BCUT2D eigenvalue weighted by Crippen LogP contribution is 2.30. The van der Waals surface area contributed by atoms with E-state index in [1.54, 1.807) is 12.1 Å². The van der Waals surface area contributed by atoms with Crippen molar-refractivity contribution >= 4 is 34.9 Å². The van der Waals surface area contributed by atoms with Crippen molar-refractivity contribution in [3.05, 3.63) is 28.8 Å². The van der Waals surface area contributed by atoms with Crippen LogP contribution < -0.4 is 10.2 Å². The minimum atomic E-state index is -0.697. The summed E-state index contributed by atoms with van der Waals surface area (Å²) in [5.74, 6) is -1.63. The summed E-state index contributed by atoms with van der Waals surface area (Å²) < 4.78 is 0. The number of benzene rings is 1. The third-order valence-electron chi connectivity index (χ3n) is 3.60. The zero-order valence-electron chi connectivity index (χ0n) is 12.2. The molecule has 0 unspecified atom stereocenters. The molecule has 2 amide bonds. The Kier molecular flexibility index (Phi) is 4.05. The maximum Gasteiger partial charge on any atom is 0.299 e. The summed E-state index contributed by atoms with van der Waals surface area (Å²) in [5, 5.41) is 3.22. The molecule has 0 atom stereocenters. The van der Waals surface area contributed by atoms with Crippen molar-refractivity contribution in [2.75, 3.05) is 11.4 Å². The number of hydrogen-bond acceptors (Lipinski definition) is 3. The molecule has 5 nitrogen and oxygen atoms in total. The van der Waals surface area contributed by atoms with Crippen LogP contribution in [0.15, 0.2) is 18.2 Å². The van der Waals surface area contributed by atoms with Gasteiger partial charge in [0.15, 0.2) is 0 Å². The average Bonchev–Trinajstić information content (AvgIpc) is 2.63. The smallest absolute Gasteiger partial charge is 0.299 e. The van der Waals surface area contributed by atoms with Gasteiger partial charge in [0.05, 0.1) is 11.3 Å². The van der Waals surface area contributed by atoms with E-state index in [2.05, 4.69) is 5.32 Å². The van der Waals surface area contributed by atoms with E-state index in [0.29, 0.717) is 10.7 Å². The molecule has 6 heteroatoms. The van der Waals surface area contributed by atoms with Gasteiger partial charge in [-0.1, -0.05) is 18.5 Å². The van der Waals surface area contributed by atoms with Crippen molar-refractivity contribution in [3.8, 4) is 0 Å². The van der Waals surface area contributed by atoms with Gasteiger partial charge in [-0.3, -0.25) is 19.3 Å². The molecule has 2 rings (SSSR count). The lowest BCUT2D eigenvalue weighted by Gasteiger charge is -2.26. The minimum Gasteiger partial charge on any atom is -0.350 e. The Balaban J connectivity index is 2.21. The van der Waals surface area contributed by atoms with E-state index in [-0.39, 0.29) is 23.6 Å². The molecule has 0 radical (unpaired) electrons. The molecule has 1 aromatic carbocycles. The summed E-state index contributed by atoms with van der Waals surface area (Å²) in [4.78, 5) is 37.1. The predicted octanol–water partition coefficient (Wildman–Crippen LogP) is 2.17. The Morgan fingerprint density at radius 3 is 2.62 bits per heavy atom. The van der Waals surface area contributed by atoms with E-state index in [4.69, 9.17) is 11.6 Å². The van der Waals surface area contributed by atoms with Crippen LogP contribution in [0.5, 0.6) is 0 Å². The van der Waals surface area contributed by atoms with Gasteiger partial charge in [-0.2, -0.15) is 0 Å². The van der Waals surface area contributed by atoms with E-state index in [0.717, 1.165) is 6.42 Å². The molecule has 1 heterocycles. The van der Waals surface area contributed by atoms with Crippen molar-refractivity contribution in [3.63, 3.8) is 0 Å². The summed E-state index contributed by atoms with van der Waals surface area (Å²) in [6.07, 6.45) is 0.762. The Bertz CT molecular complexity index is 625. The SMILES string of the molecule is CCC(C)(C)NC(=O)CN1C(=O)C(=O)c2cc(Cl)ccc21. The van der Waals surface area contributed by atoms with Gasteiger partial charge in [0.25, 0.3) is 11.7 Å². The molecule has 1 aromatic rings. The third kappa shape index (κ3) is 3.08. The molecule has 1 aliphatic heterocycles. The molecular weight excluding hydrogens is 292 g/mol. The Morgan fingerprint density at radius 2 is 2.00 bits per heavy atom. The fourth-order valence-electron chi connectivity index (χ4n) is 2.08. The number of fused-ring (bicyclic) bond motifs is 1. The van der Waals surface area contributed by atoms with Crippen LogP contribution in [0.1, 0.15) is 37.6 Å². The lowest BCUT2D eigenvalue weighted by molar-refractivity contribution is -0.123. The number of carbonyl (C=O) groups excluding carboxylic acids is 3. The van der Waals surface area contributed by atoms with Crippen LogP contribution in [0, 0.1) is 0 Å². The number of rotatable bonds is 4. The normalized spacial score (nSPS) is 14.4. The quantitative estimate of drug-likeness (QED) is 0.867. The van der Waals surface area contributed by atoms with E-state index >= 15 is 0 Å². The number of nitrogens with one attached hydrogen (secondary N) is 1. The maximum absolute atomic E-state index is 12.1. The summed E-state index contributed by atoms with van der Waals surface area (Å²) in [6, 6.07) is 4.62. The highest BCUT2D eigenvalue weighted by molar-refractivity contribution is 6.53. The van der Waals surface area contributed by atoms with E-state index in [9.17, 15) is 14.4 Å². The number of amides is 2. The summed E-state index contributed by atoms with van der Waals surface area (Å²) in [6.45, 7) is 5.58. The van der Waals surface area contributed by atoms with Crippen molar-refractivity contribution in [2.45, 2.75) is 32.7 Å². The molecule has 1 N–H and O–H groups in total. The van der Waals surface area contributed by atoms with Crippen LogP contribution in [-0.2, 0) is 9.59 Å². The van der Waals surface area contributed by atoms with Gasteiger partial charge in [0, 0.05) is 10.6 Å². The monoisotopic (exact) mass is 308 g/mol. The van der Waals surface area contributed by atoms with Gasteiger partial charge in [0.1, 0.15) is 6.54 Å². The van der Waals surface area contributed by atoms with Crippen LogP contribution in [0.3, 0.4) is 0 Å². The van der Waals surface area contributed by atoms with E-state index in [1.165, 1.54) is 11.0 Å². The number of anilines is 1. The van der Waals surface area contributed by atoms with Crippen LogP contribution in [-0.4, -0.2) is 29.7 Å². The second-order valence-corrected chi connectivity index (χ2v) is 6.10. The third-order valence-corrected chi connectivity index (χ3v) is 3.83. The zero-order valence-corrected chi connectivity index (χ0v) is 13.0. The predicted molar refractivity (Wildman–Crippen MR) is 80.6 cm³/mol. The molecule has 1 aliphatic rings. The van der Waals surface area contributed by atoms with Crippen molar-refractivity contribution in [2.24, 2.45) is 0 Å². The molecule has 0 bridgehead atoms. The van der Waals surface area contributed by atoms with Crippen LogP contribution in [0.2, 0.25) is 5.02 Å². The second kappa shape index (κ2) is 5.48. The number of halogens is 1. The zero-order chi connectivity index (χ0) is 15.8. The standard InChI is InChI=1S/C15H17ClN2O3/c1-4-15(2,3)17-12(19)8-18-11-6-5-9(16)7-10(11)13(20)14(18)21/h5-7H,4,8H2,1-3H3,(H,17,19). The van der Waals surface area contributed by atoms with E-state index in [1.807, 2.05) is 20.8 Å². The first kappa shape index (κ1) is 15.5. The number of nitrogens with zero attached hydrogens (tertiary/aromatic N) is 1. The lowest BCUT2D eigenvalue weighted by Crippen LogP contribution is -2.48. The highest BCUT2D eigenvalue weighted by atomic mass is 35.5. The molecule has 0 fully saturated rings. The second-order valence-electron chi connectivity index (χ2n) is 5.67. The average molecular weight is 309 g/mol. The summed E-state index contributed by atoms with van der Waals surface area (Å²) in [7, 11) is 0. The van der Waals surface area contributed by atoms with Gasteiger partial charge in [0.2, 0.25) is 5.91 Å². The fourth-order valence-corrected chi connectivity index (χ4v) is 2.25. The van der Waals surface area contributed by atoms with Crippen molar-refractivity contribution < 1.29 is 14.4 Å². The Labute approximate surface area is 128 Å². The largest absolute Gasteiger partial charge is 0.350 e. The molecule has 0 aliphatic carbocycles. The molecule has 0 aromatic heterocycles.